The van der Waals surface area contributed by atoms with Crippen LogP contribution in [-0.2, 0) is 16.1 Å². The normalized spacial score (nSPS) is 11.8. The van der Waals surface area contributed by atoms with Gasteiger partial charge in [-0.2, -0.15) is 4.99 Å². The molecule has 0 saturated heterocycles. The fraction of sp³-hybridized carbons (Fsp3) is 0.133. The number of fused-ring (bicyclic) bond motifs is 1. The molecule has 0 unspecified atom stereocenters. The molecule has 0 N–H and O–H groups in total. The SMILES string of the molecule is COC(=O)Cn1c(=NC(=O)c2cccs2)sc2ccccc21. The number of amides is 1. The van der Waals surface area contributed by atoms with Gasteiger partial charge >= 0.3 is 5.97 Å². The Kier molecular flexibility index (Phi) is 4.17. The van der Waals surface area contributed by atoms with Gasteiger partial charge in [0.1, 0.15) is 6.54 Å². The van der Waals surface area contributed by atoms with Crippen LogP contribution in [0.5, 0.6) is 0 Å². The number of esters is 1. The second-order valence-electron chi connectivity index (χ2n) is 4.41. The number of ether oxygens (including phenoxy) is 1. The van der Waals surface area contributed by atoms with Crippen LogP contribution in [0.3, 0.4) is 0 Å². The smallest absolute Gasteiger partial charge is 0.325 e. The van der Waals surface area contributed by atoms with E-state index in [4.69, 9.17) is 4.74 Å². The average molecular weight is 332 g/mol. The molecule has 7 heteroatoms. The Hall–Kier alpha value is -2.25. The molecule has 112 valence electrons. The van der Waals surface area contributed by atoms with Crippen LogP contribution in [-0.4, -0.2) is 23.6 Å². The second kappa shape index (κ2) is 6.25. The van der Waals surface area contributed by atoms with Crippen LogP contribution in [0, 0.1) is 0 Å². The van der Waals surface area contributed by atoms with Crippen LogP contribution in [0.25, 0.3) is 10.2 Å². The molecule has 0 bridgehead atoms. The lowest BCUT2D eigenvalue weighted by atomic mass is 10.3. The molecule has 5 nitrogen and oxygen atoms in total. The van der Waals surface area contributed by atoms with Gasteiger partial charge in [0.2, 0.25) is 0 Å². The second-order valence-corrected chi connectivity index (χ2v) is 6.37. The molecule has 0 aliphatic heterocycles. The lowest BCUT2D eigenvalue weighted by Crippen LogP contribution is -2.22. The molecule has 0 fully saturated rings. The number of para-hydroxylation sites is 1. The van der Waals surface area contributed by atoms with E-state index >= 15 is 0 Å². The van der Waals surface area contributed by atoms with E-state index in [1.165, 1.54) is 29.8 Å². The highest BCUT2D eigenvalue weighted by molar-refractivity contribution is 7.16. The molecule has 0 atom stereocenters. The van der Waals surface area contributed by atoms with Gasteiger partial charge in [-0.1, -0.05) is 29.5 Å². The lowest BCUT2D eigenvalue weighted by molar-refractivity contribution is -0.141. The van der Waals surface area contributed by atoms with E-state index in [1.807, 2.05) is 29.6 Å². The topological polar surface area (TPSA) is 60.7 Å². The monoisotopic (exact) mass is 332 g/mol. The maximum atomic E-state index is 12.2. The largest absolute Gasteiger partial charge is 0.468 e. The average Bonchev–Trinajstić information content (AvgIpc) is 3.16. The summed E-state index contributed by atoms with van der Waals surface area (Å²) in [5.41, 5.74) is 0.857. The summed E-state index contributed by atoms with van der Waals surface area (Å²) in [5.74, 6) is -0.686. The van der Waals surface area contributed by atoms with Gasteiger partial charge in [0, 0.05) is 0 Å². The lowest BCUT2D eigenvalue weighted by Gasteiger charge is -2.03. The Balaban J connectivity index is 2.13. The summed E-state index contributed by atoms with van der Waals surface area (Å²) in [6, 6.07) is 11.2. The third-order valence-electron chi connectivity index (χ3n) is 3.03. The Labute approximate surface area is 134 Å². The van der Waals surface area contributed by atoms with Crippen molar-refractivity contribution in [3.8, 4) is 0 Å². The number of thiazole rings is 1. The summed E-state index contributed by atoms with van der Waals surface area (Å²) in [7, 11) is 1.34. The highest BCUT2D eigenvalue weighted by Crippen LogP contribution is 2.17. The number of hydrogen-bond donors (Lipinski definition) is 0. The summed E-state index contributed by atoms with van der Waals surface area (Å²) in [6.45, 7) is 0.0249. The number of rotatable bonds is 3. The first-order chi connectivity index (χ1) is 10.7. The van der Waals surface area contributed by atoms with Crippen LogP contribution >= 0.6 is 22.7 Å². The molecule has 0 spiro atoms. The fourth-order valence-corrected chi connectivity index (χ4v) is 3.63. The van der Waals surface area contributed by atoms with Crippen LogP contribution in [0.4, 0.5) is 0 Å². The molecule has 2 aromatic heterocycles. The maximum absolute atomic E-state index is 12.2. The van der Waals surface area contributed by atoms with Crippen LogP contribution in [0.15, 0.2) is 46.8 Å². The van der Waals surface area contributed by atoms with Crippen molar-refractivity contribution in [2.24, 2.45) is 4.99 Å². The number of thiophene rings is 1. The minimum Gasteiger partial charge on any atom is -0.468 e. The summed E-state index contributed by atoms with van der Waals surface area (Å²) in [6.07, 6.45) is 0. The summed E-state index contributed by atoms with van der Waals surface area (Å²) < 4.78 is 7.39. The van der Waals surface area contributed by atoms with Gasteiger partial charge in [0.15, 0.2) is 4.80 Å². The maximum Gasteiger partial charge on any atom is 0.325 e. The van der Waals surface area contributed by atoms with E-state index in [2.05, 4.69) is 4.99 Å². The molecule has 0 saturated carbocycles. The first-order valence-corrected chi connectivity index (χ1v) is 8.16. The molecule has 3 rings (SSSR count). The van der Waals surface area contributed by atoms with Crippen molar-refractivity contribution in [1.82, 2.24) is 4.57 Å². The first kappa shape index (κ1) is 14.7. The molecule has 22 heavy (non-hydrogen) atoms. The Morgan fingerprint density at radius 3 is 2.77 bits per heavy atom. The molecular formula is C15H12N2O3S2. The first-order valence-electron chi connectivity index (χ1n) is 6.47. The van der Waals surface area contributed by atoms with E-state index in [0.717, 1.165) is 10.2 Å². The molecule has 0 aliphatic carbocycles. The molecule has 0 aliphatic rings. The van der Waals surface area contributed by atoms with Crippen LogP contribution < -0.4 is 4.80 Å². The van der Waals surface area contributed by atoms with Crippen molar-refractivity contribution >= 4 is 44.8 Å². The number of hydrogen-bond acceptors (Lipinski definition) is 5. The third-order valence-corrected chi connectivity index (χ3v) is 4.95. The predicted octanol–water partition coefficient (Wildman–Crippen LogP) is 2.68. The van der Waals surface area contributed by atoms with E-state index in [-0.39, 0.29) is 18.4 Å². The highest BCUT2D eigenvalue weighted by Gasteiger charge is 2.12. The zero-order chi connectivity index (χ0) is 15.5. The number of carbonyl (C=O) groups is 2. The van der Waals surface area contributed by atoms with Crippen molar-refractivity contribution in [2.45, 2.75) is 6.54 Å². The van der Waals surface area contributed by atoms with Gasteiger partial charge in [-0.05, 0) is 23.6 Å². The molecular weight excluding hydrogens is 320 g/mol. The molecule has 3 aromatic rings. The number of nitrogens with zero attached hydrogens (tertiary/aromatic N) is 2. The van der Waals surface area contributed by atoms with Crippen molar-refractivity contribution < 1.29 is 14.3 Å². The number of aromatic nitrogens is 1. The zero-order valence-electron chi connectivity index (χ0n) is 11.7. The fourth-order valence-electron chi connectivity index (χ4n) is 1.99. The predicted molar refractivity (Wildman–Crippen MR) is 86.0 cm³/mol. The van der Waals surface area contributed by atoms with E-state index < -0.39 is 0 Å². The highest BCUT2D eigenvalue weighted by atomic mass is 32.1. The number of carbonyl (C=O) groups excluding carboxylic acids is 2. The third kappa shape index (κ3) is 2.86. The van der Waals surface area contributed by atoms with Gasteiger partial charge in [-0.15, -0.1) is 11.3 Å². The molecule has 1 aromatic carbocycles. The minimum absolute atomic E-state index is 0.0249. The van der Waals surface area contributed by atoms with Gasteiger partial charge in [-0.25, -0.2) is 0 Å². The number of methoxy groups -OCH3 is 1. The van der Waals surface area contributed by atoms with Crippen molar-refractivity contribution in [3.63, 3.8) is 0 Å². The molecule has 1 amide bonds. The number of benzene rings is 1. The van der Waals surface area contributed by atoms with Crippen molar-refractivity contribution in [3.05, 3.63) is 51.5 Å². The summed E-state index contributed by atoms with van der Waals surface area (Å²) in [5, 5.41) is 1.83. The summed E-state index contributed by atoms with van der Waals surface area (Å²) in [4.78, 5) is 29.0. The van der Waals surface area contributed by atoms with Crippen LogP contribution in [0.1, 0.15) is 9.67 Å². The van der Waals surface area contributed by atoms with Crippen LogP contribution in [0.2, 0.25) is 0 Å². The van der Waals surface area contributed by atoms with E-state index in [0.29, 0.717) is 9.68 Å². The van der Waals surface area contributed by atoms with Crippen molar-refractivity contribution in [2.75, 3.05) is 7.11 Å². The van der Waals surface area contributed by atoms with Gasteiger partial charge in [0.25, 0.3) is 5.91 Å². The van der Waals surface area contributed by atoms with Crippen molar-refractivity contribution in [1.29, 1.82) is 0 Å². The Morgan fingerprint density at radius 2 is 2.05 bits per heavy atom. The minimum atomic E-state index is -0.381. The molecule has 0 radical (unpaired) electrons. The van der Waals surface area contributed by atoms with E-state index in [1.54, 1.807) is 16.7 Å². The molecule has 2 heterocycles. The quantitative estimate of drug-likeness (QED) is 0.693. The summed E-state index contributed by atoms with van der Waals surface area (Å²) >= 11 is 2.72. The Bertz CT molecular complexity index is 891. The zero-order valence-corrected chi connectivity index (χ0v) is 13.3. The van der Waals surface area contributed by atoms with Gasteiger partial charge < -0.3 is 9.30 Å². The Morgan fingerprint density at radius 1 is 1.23 bits per heavy atom. The van der Waals surface area contributed by atoms with Gasteiger partial charge in [0.05, 0.1) is 22.2 Å². The standard InChI is InChI=1S/C15H12N2O3S2/c1-20-13(18)9-17-10-5-2-3-6-11(10)22-15(17)16-14(19)12-7-4-8-21-12/h2-8H,9H2,1H3. The van der Waals surface area contributed by atoms with Gasteiger partial charge in [-0.3, -0.25) is 9.59 Å². The van der Waals surface area contributed by atoms with E-state index in [9.17, 15) is 9.59 Å².